The van der Waals surface area contributed by atoms with Gasteiger partial charge in [0.05, 0.1) is 9.79 Å². The van der Waals surface area contributed by atoms with Crippen molar-refractivity contribution in [2.24, 2.45) is 5.92 Å². The summed E-state index contributed by atoms with van der Waals surface area (Å²) in [4.78, 5) is 3.10. The maximum atomic E-state index is 13.0. The van der Waals surface area contributed by atoms with Crippen molar-refractivity contribution in [2.75, 3.05) is 25.0 Å². The number of hydrogen-bond donors (Lipinski definition) is 1. The Labute approximate surface area is 149 Å². The van der Waals surface area contributed by atoms with Gasteiger partial charge in [-0.2, -0.15) is 0 Å². The maximum absolute atomic E-state index is 13.0. The largest absolute Gasteiger partial charge is 0.370 e. The second-order valence-corrected chi connectivity index (χ2v) is 9.16. The predicted molar refractivity (Wildman–Crippen MR) is 99.9 cm³/mol. The number of hydrogen-bond acceptors (Lipinski definition) is 4. The van der Waals surface area contributed by atoms with Crippen LogP contribution in [0.2, 0.25) is 0 Å². The molecule has 1 fully saturated rings. The highest BCUT2D eigenvalue weighted by Gasteiger charge is 2.41. The normalized spacial score (nSPS) is 26.0. The zero-order valence-electron chi connectivity index (χ0n) is 14.6. The van der Waals surface area contributed by atoms with E-state index in [0.717, 1.165) is 19.5 Å². The first-order valence-corrected chi connectivity index (χ1v) is 10.4. The van der Waals surface area contributed by atoms with E-state index in [-0.39, 0.29) is 0 Å². The molecule has 2 aliphatic rings. The first kappa shape index (κ1) is 16.6. The number of likely N-dealkylation sites (N-methyl/N-ethyl adjacent to an activating group) is 1. The van der Waals surface area contributed by atoms with Crippen molar-refractivity contribution in [1.82, 2.24) is 5.32 Å². The minimum atomic E-state index is -3.47. The average molecular weight is 356 g/mol. The van der Waals surface area contributed by atoms with Gasteiger partial charge in [0.25, 0.3) is 0 Å². The predicted octanol–water partition coefficient (Wildman–Crippen LogP) is 3.05. The molecule has 4 nitrogen and oxygen atoms in total. The molecule has 2 aromatic carbocycles. The lowest BCUT2D eigenvalue weighted by Crippen LogP contribution is -2.38. The van der Waals surface area contributed by atoms with Crippen molar-refractivity contribution in [2.45, 2.75) is 35.1 Å². The Morgan fingerprint density at radius 1 is 1.08 bits per heavy atom. The van der Waals surface area contributed by atoms with Crippen LogP contribution in [0.4, 0.5) is 5.69 Å². The van der Waals surface area contributed by atoms with Crippen LogP contribution in [0, 0.1) is 5.92 Å². The fourth-order valence-corrected chi connectivity index (χ4v) is 5.80. The van der Waals surface area contributed by atoms with Gasteiger partial charge in [-0.25, -0.2) is 8.42 Å². The molecule has 25 heavy (non-hydrogen) atoms. The highest BCUT2D eigenvalue weighted by molar-refractivity contribution is 7.91. The van der Waals surface area contributed by atoms with Crippen LogP contribution in [0.3, 0.4) is 0 Å². The average Bonchev–Trinajstić information content (AvgIpc) is 2.77. The first-order valence-electron chi connectivity index (χ1n) is 8.88. The number of fused-ring (bicyclic) bond motifs is 3. The molecule has 0 saturated carbocycles. The smallest absolute Gasteiger partial charge is 0.206 e. The van der Waals surface area contributed by atoms with Gasteiger partial charge in [-0.15, -0.1) is 0 Å². The van der Waals surface area contributed by atoms with E-state index in [1.54, 1.807) is 30.3 Å². The SMILES string of the molecule is CC1CNCC[C@@H]2c3cc(S(=O)(=O)c4ccccc4)ccc3N(C)[C@@H]12. The minimum Gasteiger partial charge on any atom is -0.370 e. The van der Waals surface area contributed by atoms with Crippen molar-refractivity contribution in [3.8, 4) is 0 Å². The molecule has 1 N–H and O–H groups in total. The van der Waals surface area contributed by atoms with Gasteiger partial charge < -0.3 is 10.2 Å². The van der Waals surface area contributed by atoms with Crippen LogP contribution in [0.15, 0.2) is 58.3 Å². The van der Waals surface area contributed by atoms with E-state index in [2.05, 4.69) is 24.2 Å². The van der Waals surface area contributed by atoms with Crippen LogP contribution >= 0.6 is 0 Å². The minimum absolute atomic E-state index is 0.355. The molecule has 1 unspecified atom stereocenters. The quantitative estimate of drug-likeness (QED) is 0.898. The molecule has 4 rings (SSSR count). The van der Waals surface area contributed by atoms with Crippen LogP contribution in [-0.4, -0.2) is 34.6 Å². The summed E-state index contributed by atoms with van der Waals surface area (Å²) in [7, 11) is -1.34. The van der Waals surface area contributed by atoms with Crippen LogP contribution in [0.25, 0.3) is 0 Å². The molecule has 3 atom stereocenters. The zero-order chi connectivity index (χ0) is 17.6. The van der Waals surface area contributed by atoms with Gasteiger partial charge in [-0.1, -0.05) is 25.1 Å². The molecule has 0 aromatic heterocycles. The van der Waals surface area contributed by atoms with Crippen molar-refractivity contribution < 1.29 is 8.42 Å². The van der Waals surface area contributed by atoms with Crippen molar-refractivity contribution in [3.05, 3.63) is 54.1 Å². The van der Waals surface area contributed by atoms with Crippen molar-refractivity contribution in [1.29, 1.82) is 0 Å². The number of nitrogens with one attached hydrogen (secondary N) is 1. The summed E-state index contributed by atoms with van der Waals surface area (Å²) in [5, 5.41) is 3.50. The van der Waals surface area contributed by atoms with Crippen molar-refractivity contribution in [3.63, 3.8) is 0 Å². The topological polar surface area (TPSA) is 49.4 Å². The zero-order valence-corrected chi connectivity index (χ0v) is 15.5. The standard InChI is InChI=1S/C20H24N2O2S/c1-14-13-21-11-10-17-18-12-16(8-9-19(18)22(2)20(14)17)25(23,24)15-6-4-3-5-7-15/h3-9,12,14,17,20-21H,10-11,13H2,1-2H3/t14?,17-,20+/m1/s1. The third-order valence-electron chi connectivity index (χ3n) is 5.68. The summed E-state index contributed by atoms with van der Waals surface area (Å²) >= 11 is 0. The molecule has 5 heteroatoms. The highest BCUT2D eigenvalue weighted by Crippen LogP contribution is 2.46. The molecule has 2 heterocycles. The van der Waals surface area contributed by atoms with E-state index in [9.17, 15) is 8.42 Å². The van der Waals surface area contributed by atoms with Gasteiger partial charge in [0.2, 0.25) is 9.84 Å². The fourth-order valence-electron chi connectivity index (χ4n) is 4.48. The van der Waals surface area contributed by atoms with Gasteiger partial charge in [0.15, 0.2) is 0 Å². The molecule has 132 valence electrons. The van der Waals surface area contributed by atoms with Gasteiger partial charge in [-0.3, -0.25) is 0 Å². The van der Waals surface area contributed by atoms with Crippen molar-refractivity contribution >= 4 is 15.5 Å². The summed E-state index contributed by atoms with van der Waals surface area (Å²) in [6, 6.07) is 14.8. The lowest BCUT2D eigenvalue weighted by Gasteiger charge is -2.30. The van der Waals surface area contributed by atoms with E-state index in [1.165, 1.54) is 11.3 Å². The summed E-state index contributed by atoms with van der Waals surface area (Å²) in [6.07, 6.45) is 1.04. The summed E-state index contributed by atoms with van der Waals surface area (Å²) < 4.78 is 26.0. The van der Waals surface area contributed by atoms with Gasteiger partial charge >= 0.3 is 0 Å². The molecule has 0 amide bonds. The second kappa shape index (κ2) is 6.15. The Balaban J connectivity index is 1.79. The Morgan fingerprint density at radius 3 is 2.60 bits per heavy atom. The Morgan fingerprint density at radius 2 is 1.84 bits per heavy atom. The third kappa shape index (κ3) is 2.66. The summed E-state index contributed by atoms with van der Waals surface area (Å²) in [5.41, 5.74) is 2.36. The third-order valence-corrected chi connectivity index (χ3v) is 7.45. The van der Waals surface area contributed by atoms with Crippen LogP contribution in [-0.2, 0) is 9.84 Å². The Kier molecular flexibility index (Phi) is 4.08. The van der Waals surface area contributed by atoms with E-state index in [1.807, 2.05) is 18.2 Å². The Bertz CT molecular complexity index is 880. The van der Waals surface area contributed by atoms with Crippen LogP contribution in [0.5, 0.6) is 0 Å². The van der Waals surface area contributed by atoms with Gasteiger partial charge in [-0.05, 0) is 61.3 Å². The van der Waals surface area contributed by atoms with E-state index >= 15 is 0 Å². The maximum Gasteiger partial charge on any atom is 0.206 e. The van der Waals surface area contributed by atoms with E-state index in [4.69, 9.17) is 0 Å². The first-order chi connectivity index (χ1) is 12.0. The molecule has 2 aliphatic heterocycles. The molecule has 1 saturated heterocycles. The molecular formula is C20H24N2O2S. The van der Waals surface area contributed by atoms with Crippen LogP contribution < -0.4 is 10.2 Å². The molecule has 0 radical (unpaired) electrons. The van der Waals surface area contributed by atoms with Gasteiger partial charge in [0, 0.05) is 24.7 Å². The summed E-state index contributed by atoms with van der Waals surface area (Å²) in [6.45, 7) is 4.27. The van der Waals surface area contributed by atoms with E-state index < -0.39 is 9.84 Å². The second-order valence-electron chi connectivity index (χ2n) is 7.22. The molecule has 2 aromatic rings. The number of benzene rings is 2. The highest BCUT2D eigenvalue weighted by atomic mass is 32.2. The lowest BCUT2D eigenvalue weighted by molar-refractivity contribution is 0.417. The Hall–Kier alpha value is -1.85. The number of sulfone groups is 1. The number of nitrogens with zero attached hydrogens (tertiary/aromatic N) is 1. The molecule has 0 aliphatic carbocycles. The van der Waals surface area contributed by atoms with E-state index in [0.29, 0.717) is 27.7 Å². The lowest BCUT2D eigenvalue weighted by atomic mass is 9.86. The number of anilines is 1. The molecular weight excluding hydrogens is 332 g/mol. The molecule has 0 spiro atoms. The van der Waals surface area contributed by atoms with Gasteiger partial charge in [0.1, 0.15) is 0 Å². The molecule has 0 bridgehead atoms. The fraction of sp³-hybridized carbons (Fsp3) is 0.400. The number of rotatable bonds is 2. The summed E-state index contributed by atoms with van der Waals surface area (Å²) in [5.74, 6) is 0.912. The van der Waals surface area contributed by atoms with Crippen LogP contribution in [0.1, 0.15) is 24.8 Å². The monoisotopic (exact) mass is 356 g/mol.